The van der Waals surface area contributed by atoms with Crippen molar-refractivity contribution < 1.29 is 13.9 Å². The summed E-state index contributed by atoms with van der Waals surface area (Å²) >= 11 is 2.96. The number of nitrogens with zero attached hydrogens (tertiary/aromatic N) is 1. The van der Waals surface area contributed by atoms with Crippen molar-refractivity contribution in [2.75, 3.05) is 6.61 Å². The maximum absolute atomic E-state index is 13.5. The third kappa shape index (κ3) is 4.24. The predicted molar refractivity (Wildman–Crippen MR) is 99.0 cm³/mol. The lowest BCUT2D eigenvalue weighted by Crippen LogP contribution is -2.36. The molecule has 0 bridgehead atoms. The SMILES string of the molecule is Cc1nc(-c2cccs2)sc1C(=O)NC(C)COc1ccccc1F. The van der Waals surface area contributed by atoms with Gasteiger partial charge < -0.3 is 10.1 Å². The molecule has 2 heterocycles. The third-order valence-corrected chi connectivity index (χ3v) is 5.63. The van der Waals surface area contributed by atoms with Crippen molar-refractivity contribution in [1.82, 2.24) is 10.3 Å². The lowest BCUT2D eigenvalue weighted by molar-refractivity contribution is 0.0929. The Balaban J connectivity index is 1.61. The van der Waals surface area contributed by atoms with Crippen molar-refractivity contribution in [3.05, 3.63) is 58.2 Å². The van der Waals surface area contributed by atoms with Crippen LogP contribution in [0.2, 0.25) is 0 Å². The highest BCUT2D eigenvalue weighted by atomic mass is 32.1. The van der Waals surface area contributed by atoms with E-state index in [0.29, 0.717) is 10.6 Å². The number of rotatable bonds is 6. The van der Waals surface area contributed by atoms with Gasteiger partial charge in [0.25, 0.3) is 5.91 Å². The molecule has 1 unspecified atom stereocenters. The topological polar surface area (TPSA) is 51.2 Å². The summed E-state index contributed by atoms with van der Waals surface area (Å²) in [5.74, 6) is -0.431. The molecule has 130 valence electrons. The normalized spacial score (nSPS) is 12.0. The van der Waals surface area contributed by atoms with Gasteiger partial charge in [0.2, 0.25) is 0 Å². The molecule has 0 saturated heterocycles. The van der Waals surface area contributed by atoms with Gasteiger partial charge in [-0.3, -0.25) is 4.79 Å². The maximum Gasteiger partial charge on any atom is 0.263 e. The molecule has 2 aromatic heterocycles. The minimum absolute atomic E-state index is 0.178. The van der Waals surface area contributed by atoms with E-state index in [-0.39, 0.29) is 24.3 Å². The van der Waals surface area contributed by atoms with Gasteiger partial charge in [-0.2, -0.15) is 0 Å². The average molecular weight is 376 g/mol. The first-order valence-corrected chi connectivity index (χ1v) is 9.43. The van der Waals surface area contributed by atoms with Gasteiger partial charge in [0.1, 0.15) is 16.5 Å². The molecule has 1 amide bonds. The number of carbonyl (C=O) groups is 1. The first-order valence-electron chi connectivity index (χ1n) is 7.74. The van der Waals surface area contributed by atoms with Gasteiger partial charge in [-0.25, -0.2) is 9.37 Å². The Bertz CT molecular complexity index is 862. The zero-order valence-electron chi connectivity index (χ0n) is 13.8. The summed E-state index contributed by atoms with van der Waals surface area (Å²) in [5.41, 5.74) is 0.702. The van der Waals surface area contributed by atoms with E-state index < -0.39 is 5.82 Å². The van der Waals surface area contributed by atoms with Crippen molar-refractivity contribution in [2.45, 2.75) is 19.9 Å². The molecule has 1 aromatic carbocycles. The van der Waals surface area contributed by atoms with Crippen LogP contribution in [-0.2, 0) is 0 Å². The Morgan fingerprint density at radius 2 is 2.12 bits per heavy atom. The lowest BCUT2D eigenvalue weighted by atomic mass is 10.3. The quantitative estimate of drug-likeness (QED) is 0.688. The first kappa shape index (κ1) is 17.6. The average Bonchev–Trinajstić information content (AvgIpc) is 3.23. The lowest BCUT2D eigenvalue weighted by Gasteiger charge is -2.15. The molecule has 0 aliphatic heterocycles. The molecule has 1 atom stereocenters. The fourth-order valence-electron chi connectivity index (χ4n) is 2.22. The third-order valence-electron chi connectivity index (χ3n) is 3.44. The van der Waals surface area contributed by atoms with Crippen LogP contribution in [0.5, 0.6) is 5.75 Å². The molecule has 0 saturated carbocycles. The molecule has 3 aromatic rings. The smallest absolute Gasteiger partial charge is 0.263 e. The molecule has 1 N–H and O–H groups in total. The van der Waals surface area contributed by atoms with Crippen LogP contribution in [0.1, 0.15) is 22.3 Å². The van der Waals surface area contributed by atoms with Crippen LogP contribution in [0, 0.1) is 12.7 Å². The fraction of sp³-hybridized carbons (Fsp3) is 0.222. The van der Waals surface area contributed by atoms with Gasteiger partial charge in [0, 0.05) is 0 Å². The molecular weight excluding hydrogens is 359 g/mol. The van der Waals surface area contributed by atoms with E-state index in [9.17, 15) is 9.18 Å². The highest BCUT2D eigenvalue weighted by Gasteiger charge is 2.18. The summed E-state index contributed by atoms with van der Waals surface area (Å²) < 4.78 is 19.0. The van der Waals surface area contributed by atoms with Crippen molar-refractivity contribution in [3.8, 4) is 15.6 Å². The summed E-state index contributed by atoms with van der Waals surface area (Å²) in [7, 11) is 0. The molecular formula is C18H17FN2O2S2. The van der Waals surface area contributed by atoms with Gasteiger partial charge in [0.05, 0.1) is 16.6 Å². The zero-order valence-corrected chi connectivity index (χ0v) is 15.4. The number of nitrogens with one attached hydrogen (secondary N) is 1. The molecule has 0 aliphatic rings. The van der Waals surface area contributed by atoms with Crippen LogP contribution in [0.25, 0.3) is 9.88 Å². The van der Waals surface area contributed by atoms with E-state index in [4.69, 9.17) is 4.74 Å². The summed E-state index contributed by atoms with van der Waals surface area (Å²) in [4.78, 5) is 18.6. The van der Waals surface area contributed by atoms with E-state index in [1.54, 1.807) is 29.5 Å². The van der Waals surface area contributed by atoms with Crippen LogP contribution in [0.15, 0.2) is 41.8 Å². The Labute approximate surface area is 153 Å². The van der Waals surface area contributed by atoms with Crippen LogP contribution < -0.4 is 10.1 Å². The zero-order chi connectivity index (χ0) is 17.8. The first-order chi connectivity index (χ1) is 12.0. The molecule has 0 aliphatic carbocycles. The standard InChI is InChI=1S/C18H17FN2O2S2/c1-11(10-23-14-7-4-3-6-13(14)19)20-17(22)16-12(2)21-18(25-16)15-8-5-9-24-15/h3-9,11H,10H2,1-2H3,(H,20,22). The number of para-hydroxylation sites is 1. The minimum Gasteiger partial charge on any atom is -0.488 e. The van der Waals surface area contributed by atoms with Crippen molar-refractivity contribution >= 4 is 28.6 Å². The summed E-state index contributed by atoms with van der Waals surface area (Å²) in [6.07, 6.45) is 0. The number of hydrogen-bond acceptors (Lipinski definition) is 5. The number of carbonyl (C=O) groups excluding carboxylic acids is 1. The number of thiazole rings is 1. The molecule has 0 spiro atoms. The number of thiophene rings is 1. The maximum atomic E-state index is 13.5. The Morgan fingerprint density at radius 3 is 2.84 bits per heavy atom. The second kappa shape index (κ2) is 7.76. The Kier molecular flexibility index (Phi) is 5.45. The van der Waals surface area contributed by atoms with Crippen molar-refractivity contribution in [1.29, 1.82) is 0 Å². The van der Waals surface area contributed by atoms with Gasteiger partial charge in [-0.1, -0.05) is 18.2 Å². The monoisotopic (exact) mass is 376 g/mol. The van der Waals surface area contributed by atoms with E-state index in [1.165, 1.54) is 17.4 Å². The van der Waals surface area contributed by atoms with Crippen molar-refractivity contribution in [3.63, 3.8) is 0 Å². The number of benzene rings is 1. The van der Waals surface area contributed by atoms with Gasteiger partial charge in [0.15, 0.2) is 11.6 Å². The second-order valence-electron chi connectivity index (χ2n) is 5.53. The second-order valence-corrected chi connectivity index (χ2v) is 7.47. The number of halogens is 1. The number of ether oxygens (including phenoxy) is 1. The molecule has 3 rings (SSSR count). The number of amides is 1. The summed E-state index contributed by atoms with van der Waals surface area (Å²) in [5, 5.41) is 5.69. The van der Waals surface area contributed by atoms with E-state index >= 15 is 0 Å². The van der Waals surface area contributed by atoms with E-state index in [2.05, 4.69) is 10.3 Å². The number of aryl methyl sites for hydroxylation is 1. The fourth-order valence-corrected chi connectivity index (χ4v) is 3.99. The van der Waals surface area contributed by atoms with Crippen molar-refractivity contribution in [2.24, 2.45) is 0 Å². The van der Waals surface area contributed by atoms with Gasteiger partial charge >= 0.3 is 0 Å². The number of hydrogen-bond donors (Lipinski definition) is 1. The van der Waals surface area contributed by atoms with Crippen LogP contribution in [-0.4, -0.2) is 23.5 Å². The minimum atomic E-state index is -0.417. The van der Waals surface area contributed by atoms with Crippen LogP contribution >= 0.6 is 22.7 Å². The highest BCUT2D eigenvalue weighted by Crippen LogP contribution is 2.31. The molecule has 0 fully saturated rings. The van der Waals surface area contributed by atoms with Gasteiger partial charge in [-0.05, 0) is 37.4 Å². The molecule has 7 heteroatoms. The van der Waals surface area contributed by atoms with E-state index in [1.807, 2.05) is 31.4 Å². The molecule has 25 heavy (non-hydrogen) atoms. The highest BCUT2D eigenvalue weighted by molar-refractivity contribution is 7.22. The summed E-state index contributed by atoms with van der Waals surface area (Å²) in [6, 6.07) is 9.88. The summed E-state index contributed by atoms with van der Waals surface area (Å²) in [6.45, 7) is 3.82. The van der Waals surface area contributed by atoms with Crippen LogP contribution in [0.4, 0.5) is 4.39 Å². The van der Waals surface area contributed by atoms with E-state index in [0.717, 1.165) is 9.88 Å². The Morgan fingerprint density at radius 1 is 1.32 bits per heavy atom. The largest absolute Gasteiger partial charge is 0.488 e. The molecule has 0 radical (unpaired) electrons. The Hall–Kier alpha value is -2.25. The molecule has 4 nitrogen and oxygen atoms in total. The number of aromatic nitrogens is 1. The van der Waals surface area contributed by atoms with Gasteiger partial charge in [-0.15, -0.1) is 22.7 Å². The predicted octanol–water partition coefficient (Wildman–Crippen LogP) is 4.52. The van der Waals surface area contributed by atoms with Crippen LogP contribution in [0.3, 0.4) is 0 Å².